The van der Waals surface area contributed by atoms with E-state index < -0.39 is 9.84 Å². The normalized spacial score (nSPS) is 23.5. The SMILES string of the molecule is CN(C)c1ccccc1N(C)CC(=O)N(C[C@H]1CCCO1)[C@H]1CCS(=O)(=O)C1. The summed E-state index contributed by atoms with van der Waals surface area (Å²) in [6.07, 6.45) is 2.43. The summed E-state index contributed by atoms with van der Waals surface area (Å²) >= 11 is 0. The van der Waals surface area contributed by atoms with Gasteiger partial charge in [-0.05, 0) is 31.4 Å². The fourth-order valence-corrected chi connectivity index (χ4v) is 5.76. The van der Waals surface area contributed by atoms with Crippen LogP contribution in [0.2, 0.25) is 0 Å². The van der Waals surface area contributed by atoms with Crippen LogP contribution in [0, 0.1) is 0 Å². The van der Waals surface area contributed by atoms with Gasteiger partial charge in [-0.15, -0.1) is 0 Å². The van der Waals surface area contributed by atoms with E-state index in [-0.39, 0.29) is 36.1 Å². The maximum Gasteiger partial charge on any atom is 0.242 e. The van der Waals surface area contributed by atoms with Crippen molar-refractivity contribution in [2.75, 3.05) is 62.1 Å². The second kappa shape index (κ2) is 8.69. The Kier molecular flexibility index (Phi) is 6.50. The minimum Gasteiger partial charge on any atom is -0.376 e. The first-order valence-electron chi connectivity index (χ1n) is 9.86. The molecule has 3 rings (SSSR count). The van der Waals surface area contributed by atoms with E-state index in [0.29, 0.717) is 19.6 Å². The van der Waals surface area contributed by atoms with Gasteiger partial charge in [-0.2, -0.15) is 0 Å². The number of hydrogen-bond donors (Lipinski definition) is 0. The largest absolute Gasteiger partial charge is 0.376 e. The number of para-hydroxylation sites is 2. The lowest BCUT2D eigenvalue weighted by atomic mass is 10.1. The van der Waals surface area contributed by atoms with Crippen molar-refractivity contribution < 1.29 is 17.9 Å². The lowest BCUT2D eigenvalue weighted by Crippen LogP contribution is -2.48. The van der Waals surface area contributed by atoms with Gasteiger partial charge in [0.15, 0.2) is 9.84 Å². The van der Waals surface area contributed by atoms with Crippen molar-refractivity contribution in [3.05, 3.63) is 24.3 Å². The number of amides is 1. The van der Waals surface area contributed by atoms with Gasteiger partial charge in [-0.3, -0.25) is 4.79 Å². The van der Waals surface area contributed by atoms with E-state index >= 15 is 0 Å². The van der Waals surface area contributed by atoms with Gasteiger partial charge in [0.1, 0.15) is 0 Å². The second-order valence-electron chi connectivity index (χ2n) is 7.98. The van der Waals surface area contributed by atoms with E-state index in [1.54, 1.807) is 4.90 Å². The highest BCUT2D eigenvalue weighted by molar-refractivity contribution is 7.91. The molecule has 2 aliphatic rings. The van der Waals surface area contributed by atoms with E-state index in [0.717, 1.165) is 24.2 Å². The van der Waals surface area contributed by atoms with Crippen LogP contribution in [0.1, 0.15) is 19.3 Å². The molecule has 0 spiro atoms. The molecule has 28 heavy (non-hydrogen) atoms. The summed E-state index contributed by atoms with van der Waals surface area (Å²) in [6.45, 7) is 1.39. The summed E-state index contributed by atoms with van der Waals surface area (Å²) in [4.78, 5) is 18.9. The molecule has 0 aromatic heterocycles. The molecule has 8 heteroatoms. The third kappa shape index (κ3) is 4.97. The molecule has 1 aromatic rings. The third-order valence-electron chi connectivity index (χ3n) is 5.54. The molecule has 2 saturated heterocycles. The Balaban J connectivity index is 1.75. The molecule has 1 aromatic carbocycles. The zero-order valence-electron chi connectivity index (χ0n) is 17.0. The molecule has 2 atom stereocenters. The Bertz CT molecular complexity index is 790. The summed E-state index contributed by atoms with van der Waals surface area (Å²) in [5.41, 5.74) is 2.00. The molecular weight excluding hydrogens is 378 g/mol. The van der Waals surface area contributed by atoms with Gasteiger partial charge in [-0.25, -0.2) is 8.42 Å². The van der Waals surface area contributed by atoms with Crippen molar-refractivity contribution in [1.29, 1.82) is 0 Å². The Hall–Kier alpha value is -1.80. The quantitative estimate of drug-likeness (QED) is 0.678. The molecule has 2 heterocycles. The Morgan fingerprint density at radius 2 is 1.86 bits per heavy atom. The van der Waals surface area contributed by atoms with E-state index in [2.05, 4.69) is 0 Å². The Morgan fingerprint density at radius 1 is 1.14 bits per heavy atom. The van der Waals surface area contributed by atoms with Crippen molar-refractivity contribution in [1.82, 2.24) is 4.90 Å². The predicted molar refractivity (Wildman–Crippen MR) is 112 cm³/mol. The number of rotatable bonds is 7. The highest BCUT2D eigenvalue weighted by Crippen LogP contribution is 2.27. The standard InChI is InChI=1S/C20H31N3O4S/c1-21(2)18-8-4-5-9-19(18)22(3)14-20(24)23(13-17-7-6-11-27-17)16-10-12-28(25,26)15-16/h4-5,8-9,16-17H,6-7,10-15H2,1-3H3/t16-,17+/m0/s1. The molecule has 1 amide bonds. The van der Waals surface area contributed by atoms with Crippen LogP contribution in [0.5, 0.6) is 0 Å². The highest BCUT2D eigenvalue weighted by atomic mass is 32.2. The number of sulfone groups is 1. The van der Waals surface area contributed by atoms with Crippen LogP contribution >= 0.6 is 0 Å². The number of anilines is 2. The zero-order chi connectivity index (χ0) is 20.3. The van der Waals surface area contributed by atoms with Crippen LogP contribution in [-0.4, -0.2) is 83.7 Å². The first-order chi connectivity index (χ1) is 13.3. The number of nitrogens with zero attached hydrogens (tertiary/aromatic N) is 3. The van der Waals surface area contributed by atoms with E-state index in [1.807, 2.05) is 55.2 Å². The number of carbonyl (C=O) groups excluding carboxylic acids is 1. The fraction of sp³-hybridized carbons (Fsp3) is 0.650. The van der Waals surface area contributed by atoms with Gasteiger partial charge in [-0.1, -0.05) is 12.1 Å². The van der Waals surface area contributed by atoms with E-state index in [1.165, 1.54) is 0 Å². The summed E-state index contributed by atoms with van der Waals surface area (Å²) in [7, 11) is 2.79. The summed E-state index contributed by atoms with van der Waals surface area (Å²) in [6, 6.07) is 7.69. The summed E-state index contributed by atoms with van der Waals surface area (Å²) in [5, 5.41) is 0. The smallest absolute Gasteiger partial charge is 0.242 e. The van der Waals surface area contributed by atoms with Gasteiger partial charge in [0.25, 0.3) is 0 Å². The number of carbonyl (C=O) groups is 1. The topological polar surface area (TPSA) is 70.2 Å². The zero-order valence-corrected chi connectivity index (χ0v) is 17.8. The lowest BCUT2D eigenvalue weighted by Gasteiger charge is -2.33. The van der Waals surface area contributed by atoms with Crippen LogP contribution < -0.4 is 9.80 Å². The second-order valence-corrected chi connectivity index (χ2v) is 10.2. The number of hydrogen-bond acceptors (Lipinski definition) is 6. The molecule has 0 unspecified atom stereocenters. The van der Waals surface area contributed by atoms with Crippen LogP contribution in [0.3, 0.4) is 0 Å². The third-order valence-corrected chi connectivity index (χ3v) is 7.29. The molecule has 0 saturated carbocycles. The average Bonchev–Trinajstić information content (AvgIpc) is 3.28. The highest BCUT2D eigenvalue weighted by Gasteiger charge is 2.36. The van der Waals surface area contributed by atoms with Crippen molar-refractivity contribution in [3.8, 4) is 0 Å². The minimum absolute atomic E-state index is 0.00613. The molecule has 156 valence electrons. The van der Waals surface area contributed by atoms with Gasteiger partial charge in [0.05, 0.1) is 35.5 Å². The maximum atomic E-state index is 13.2. The summed E-state index contributed by atoms with van der Waals surface area (Å²) in [5.74, 6) is 0.170. The number of likely N-dealkylation sites (N-methyl/N-ethyl adjacent to an activating group) is 1. The molecule has 0 N–H and O–H groups in total. The first kappa shape index (κ1) is 20.9. The van der Waals surface area contributed by atoms with Crippen LogP contribution in [0.15, 0.2) is 24.3 Å². The van der Waals surface area contributed by atoms with Crippen LogP contribution in [0.4, 0.5) is 11.4 Å². The molecule has 0 radical (unpaired) electrons. The van der Waals surface area contributed by atoms with Crippen molar-refractivity contribution in [2.24, 2.45) is 0 Å². The van der Waals surface area contributed by atoms with Crippen LogP contribution in [-0.2, 0) is 19.4 Å². The molecule has 7 nitrogen and oxygen atoms in total. The lowest BCUT2D eigenvalue weighted by molar-refractivity contribution is -0.133. The van der Waals surface area contributed by atoms with Gasteiger partial charge >= 0.3 is 0 Å². The Labute approximate surface area is 168 Å². The van der Waals surface area contributed by atoms with Gasteiger partial charge in [0.2, 0.25) is 5.91 Å². The molecule has 0 aliphatic carbocycles. The molecule has 0 bridgehead atoms. The fourth-order valence-electron chi connectivity index (χ4n) is 4.03. The summed E-state index contributed by atoms with van der Waals surface area (Å²) < 4.78 is 29.7. The van der Waals surface area contributed by atoms with Crippen molar-refractivity contribution >= 4 is 27.1 Å². The maximum absolute atomic E-state index is 13.2. The van der Waals surface area contributed by atoms with Crippen molar-refractivity contribution in [2.45, 2.75) is 31.4 Å². The Morgan fingerprint density at radius 3 is 2.43 bits per heavy atom. The monoisotopic (exact) mass is 409 g/mol. The molecule has 2 fully saturated rings. The molecular formula is C20H31N3O4S. The van der Waals surface area contributed by atoms with Gasteiger partial charge < -0.3 is 19.4 Å². The van der Waals surface area contributed by atoms with E-state index in [9.17, 15) is 13.2 Å². The minimum atomic E-state index is -3.06. The van der Waals surface area contributed by atoms with Crippen molar-refractivity contribution in [3.63, 3.8) is 0 Å². The number of benzene rings is 1. The van der Waals surface area contributed by atoms with Crippen LogP contribution in [0.25, 0.3) is 0 Å². The number of ether oxygens (including phenoxy) is 1. The first-order valence-corrected chi connectivity index (χ1v) is 11.7. The molecule has 2 aliphatic heterocycles. The predicted octanol–water partition coefficient (Wildman–Crippen LogP) is 1.38. The van der Waals surface area contributed by atoms with Gasteiger partial charge in [0, 0.05) is 40.3 Å². The van der Waals surface area contributed by atoms with E-state index in [4.69, 9.17) is 4.74 Å². The average molecular weight is 410 g/mol.